The van der Waals surface area contributed by atoms with Crippen LogP contribution in [0.15, 0.2) is 6.33 Å². The average molecular weight is 276 g/mol. The van der Waals surface area contributed by atoms with E-state index < -0.39 is 0 Å². The molecule has 0 aliphatic heterocycles. The largest absolute Gasteiger partial charge is 0.355 e. The topological polar surface area (TPSA) is 70.7 Å². The second-order valence-corrected chi connectivity index (χ2v) is 6.29. The molecule has 3 unspecified atom stereocenters. The Bertz CT molecular complexity index is 431. The lowest BCUT2D eigenvalue weighted by Gasteiger charge is -2.38. The molecule has 0 saturated heterocycles. The lowest BCUT2D eigenvalue weighted by molar-refractivity contribution is -0.127. The number of hydrogen-bond donors (Lipinski definition) is 2. The molecular weight excluding hydrogens is 252 g/mol. The van der Waals surface area contributed by atoms with Crippen LogP contribution in [0.5, 0.6) is 0 Å². The molecule has 2 saturated carbocycles. The average Bonchev–Trinajstić information content (AvgIpc) is 3.00. The van der Waals surface area contributed by atoms with Crippen LogP contribution in [0.3, 0.4) is 0 Å². The highest BCUT2D eigenvalue weighted by Gasteiger charge is 2.34. The molecule has 2 aliphatic carbocycles. The van der Waals surface area contributed by atoms with E-state index in [1.54, 1.807) is 0 Å². The first-order valence-corrected chi connectivity index (χ1v) is 7.95. The molecule has 1 heterocycles. The number of aromatic nitrogens is 3. The highest BCUT2D eigenvalue weighted by atomic mass is 16.1. The van der Waals surface area contributed by atoms with Crippen LogP contribution < -0.4 is 5.32 Å². The molecule has 110 valence electrons. The minimum absolute atomic E-state index is 0.240. The molecule has 2 fully saturated rings. The van der Waals surface area contributed by atoms with Crippen LogP contribution >= 0.6 is 0 Å². The minimum atomic E-state index is 0.240. The summed E-state index contributed by atoms with van der Waals surface area (Å²) in [6, 6.07) is 0. The number of rotatable bonds is 4. The van der Waals surface area contributed by atoms with E-state index in [0.717, 1.165) is 36.9 Å². The first-order valence-electron chi connectivity index (χ1n) is 7.95. The van der Waals surface area contributed by atoms with Crippen molar-refractivity contribution in [3.05, 3.63) is 12.2 Å². The molecule has 1 aromatic rings. The molecule has 3 rings (SSSR count). The molecule has 1 aromatic heterocycles. The SMILES string of the molecule is O=C(NCCc1ncn[nH]1)C1CCC2CCCCC2C1. The number of carbonyl (C=O) groups is 1. The number of fused-ring (bicyclic) bond motifs is 1. The molecule has 20 heavy (non-hydrogen) atoms. The summed E-state index contributed by atoms with van der Waals surface area (Å²) in [6.45, 7) is 0.651. The highest BCUT2D eigenvalue weighted by molar-refractivity contribution is 5.78. The zero-order valence-electron chi connectivity index (χ0n) is 12.0. The van der Waals surface area contributed by atoms with Gasteiger partial charge in [0.15, 0.2) is 0 Å². The van der Waals surface area contributed by atoms with Crippen molar-refractivity contribution in [1.29, 1.82) is 0 Å². The van der Waals surface area contributed by atoms with Gasteiger partial charge >= 0.3 is 0 Å². The molecular formula is C15H24N4O. The summed E-state index contributed by atoms with van der Waals surface area (Å²) < 4.78 is 0. The summed E-state index contributed by atoms with van der Waals surface area (Å²) in [5, 5.41) is 9.68. The number of aromatic amines is 1. The normalized spacial score (nSPS) is 29.7. The van der Waals surface area contributed by atoms with E-state index in [0.29, 0.717) is 6.54 Å². The minimum Gasteiger partial charge on any atom is -0.355 e. The summed E-state index contributed by atoms with van der Waals surface area (Å²) in [6.07, 6.45) is 11.2. The van der Waals surface area contributed by atoms with E-state index in [1.165, 1.54) is 38.4 Å². The number of amides is 1. The Labute approximate surface area is 119 Å². The quantitative estimate of drug-likeness (QED) is 0.884. The summed E-state index contributed by atoms with van der Waals surface area (Å²) in [7, 11) is 0. The lowest BCUT2D eigenvalue weighted by Crippen LogP contribution is -2.38. The predicted octanol–water partition coefficient (Wildman–Crippen LogP) is 2.07. The van der Waals surface area contributed by atoms with Crippen molar-refractivity contribution in [3.63, 3.8) is 0 Å². The molecule has 3 atom stereocenters. The van der Waals surface area contributed by atoms with E-state index in [-0.39, 0.29) is 11.8 Å². The van der Waals surface area contributed by atoms with Crippen LogP contribution in [-0.2, 0) is 11.2 Å². The van der Waals surface area contributed by atoms with Crippen LogP contribution in [-0.4, -0.2) is 27.6 Å². The Kier molecular flexibility index (Phi) is 4.33. The molecule has 1 amide bonds. The van der Waals surface area contributed by atoms with Gasteiger partial charge in [-0.25, -0.2) is 4.98 Å². The van der Waals surface area contributed by atoms with Gasteiger partial charge in [-0.05, 0) is 31.1 Å². The van der Waals surface area contributed by atoms with Crippen molar-refractivity contribution in [1.82, 2.24) is 20.5 Å². The summed E-state index contributed by atoms with van der Waals surface area (Å²) >= 11 is 0. The Morgan fingerprint density at radius 1 is 1.25 bits per heavy atom. The Morgan fingerprint density at radius 3 is 2.90 bits per heavy atom. The fourth-order valence-corrected chi connectivity index (χ4v) is 3.91. The van der Waals surface area contributed by atoms with Crippen LogP contribution in [0.2, 0.25) is 0 Å². The Morgan fingerprint density at radius 2 is 2.10 bits per heavy atom. The van der Waals surface area contributed by atoms with E-state index in [2.05, 4.69) is 20.5 Å². The Hall–Kier alpha value is -1.39. The zero-order chi connectivity index (χ0) is 13.8. The second-order valence-electron chi connectivity index (χ2n) is 6.29. The standard InChI is InChI=1S/C15H24N4O/c20-15(16-8-7-14-17-10-18-19-14)13-6-5-11-3-1-2-4-12(11)9-13/h10-13H,1-9H2,(H,16,20)(H,17,18,19). The number of H-pyrrole nitrogens is 1. The van der Waals surface area contributed by atoms with Crippen molar-refractivity contribution in [2.75, 3.05) is 6.54 Å². The van der Waals surface area contributed by atoms with Gasteiger partial charge in [0.2, 0.25) is 5.91 Å². The van der Waals surface area contributed by atoms with Crippen LogP contribution in [0, 0.1) is 17.8 Å². The Balaban J connectivity index is 1.43. The van der Waals surface area contributed by atoms with Crippen molar-refractivity contribution in [2.24, 2.45) is 17.8 Å². The van der Waals surface area contributed by atoms with E-state index in [9.17, 15) is 4.79 Å². The molecule has 2 aliphatic rings. The van der Waals surface area contributed by atoms with Crippen LogP contribution in [0.25, 0.3) is 0 Å². The van der Waals surface area contributed by atoms with Crippen molar-refractivity contribution in [3.8, 4) is 0 Å². The zero-order valence-corrected chi connectivity index (χ0v) is 12.0. The van der Waals surface area contributed by atoms with Gasteiger partial charge in [-0.15, -0.1) is 0 Å². The maximum absolute atomic E-state index is 12.2. The number of nitrogens with one attached hydrogen (secondary N) is 2. The fourth-order valence-electron chi connectivity index (χ4n) is 3.91. The van der Waals surface area contributed by atoms with Gasteiger partial charge < -0.3 is 5.32 Å². The fraction of sp³-hybridized carbons (Fsp3) is 0.800. The molecule has 0 spiro atoms. The monoisotopic (exact) mass is 276 g/mol. The first kappa shape index (κ1) is 13.6. The van der Waals surface area contributed by atoms with Gasteiger partial charge in [-0.1, -0.05) is 25.7 Å². The van der Waals surface area contributed by atoms with Crippen molar-refractivity contribution >= 4 is 5.91 Å². The first-order chi connectivity index (χ1) is 9.83. The van der Waals surface area contributed by atoms with Crippen molar-refractivity contribution in [2.45, 2.75) is 51.4 Å². The smallest absolute Gasteiger partial charge is 0.223 e. The third-order valence-electron chi connectivity index (χ3n) is 5.04. The number of carbonyl (C=O) groups excluding carboxylic acids is 1. The third-order valence-corrected chi connectivity index (χ3v) is 5.04. The van der Waals surface area contributed by atoms with Gasteiger partial charge in [-0.2, -0.15) is 5.10 Å². The highest BCUT2D eigenvalue weighted by Crippen LogP contribution is 2.42. The van der Waals surface area contributed by atoms with Crippen LogP contribution in [0.1, 0.15) is 50.8 Å². The van der Waals surface area contributed by atoms with Gasteiger partial charge in [0.05, 0.1) is 0 Å². The van der Waals surface area contributed by atoms with E-state index in [4.69, 9.17) is 0 Å². The number of nitrogens with zero attached hydrogens (tertiary/aromatic N) is 2. The second kappa shape index (κ2) is 6.37. The third kappa shape index (κ3) is 3.19. The summed E-state index contributed by atoms with van der Waals surface area (Å²) in [5.74, 6) is 3.03. The molecule has 5 heteroatoms. The molecule has 0 bridgehead atoms. The number of hydrogen-bond acceptors (Lipinski definition) is 3. The van der Waals surface area contributed by atoms with Gasteiger partial charge in [0.1, 0.15) is 12.2 Å². The van der Waals surface area contributed by atoms with E-state index in [1.807, 2.05) is 0 Å². The maximum Gasteiger partial charge on any atom is 0.223 e. The maximum atomic E-state index is 12.2. The molecule has 0 aromatic carbocycles. The molecule has 0 radical (unpaired) electrons. The molecule has 2 N–H and O–H groups in total. The lowest BCUT2D eigenvalue weighted by atomic mass is 9.67. The van der Waals surface area contributed by atoms with Gasteiger partial charge in [0.25, 0.3) is 0 Å². The predicted molar refractivity (Wildman–Crippen MR) is 75.9 cm³/mol. The summed E-state index contributed by atoms with van der Waals surface area (Å²) in [4.78, 5) is 16.3. The van der Waals surface area contributed by atoms with Crippen molar-refractivity contribution < 1.29 is 4.79 Å². The molecule has 5 nitrogen and oxygen atoms in total. The van der Waals surface area contributed by atoms with Gasteiger partial charge in [0, 0.05) is 18.9 Å². The van der Waals surface area contributed by atoms with E-state index >= 15 is 0 Å². The summed E-state index contributed by atoms with van der Waals surface area (Å²) in [5.41, 5.74) is 0. The van der Waals surface area contributed by atoms with Gasteiger partial charge in [-0.3, -0.25) is 9.89 Å². The van der Waals surface area contributed by atoms with Crippen LogP contribution in [0.4, 0.5) is 0 Å².